The first-order valence-corrected chi connectivity index (χ1v) is 0. The summed E-state index contributed by atoms with van der Waals surface area (Å²) in [6.07, 6.45) is 0. The standard InChI is InChI=1S/4ClH.Ir.H3N/h4*1H;;1H3/p-4. The van der Waals surface area contributed by atoms with Crippen molar-refractivity contribution in [3.63, 3.8) is 0 Å². The topological polar surface area (TPSA) is 35.0 Å². The first-order valence-electron chi connectivity index (χ1n) is 0. The monoisotopic (exact) mass is 350 g/mol. The fourth-order valence-corrected chi connectivity index (χ4v) is 0. The van der Waals surface area contributed by atoms with Gasteiger partial charge in [0.25, 0.3) is 0 Å². The number of hydrogen-bond donors (Lipinski definition) is 1. The molecule has 0 atom stereocenters. The molecule has 6 heteroatoms. The van der Waals surface area contributed by atoms with Gasteiger partial charge in [0.15, 0.2) is 0 Å². The first-order chi connectivity index (χ1) is 0. The smallest absolute Gasteiger partial charge is 0 e. The van der Waals surface area contributed by atoms with Gasteiger partial charge in [0.2, 0.25) is 0 Å². The Bertz CT molecular complexity index is 7.51. The van der Waals surface area contributed by atoms with Crippen LogP contribution in [0.2, 0.25) is 0 Å². The summed E-state index contributed by atoms with van der Waals surface area (Å²) in [5.74, 6) is 0. The molecule has 0 aromatic rings. The van der Waals surface area contributed by atoms with E-state index in [-0.39, 0.29) is 75.9 Å². The average Bonchev–Trinajstić information content (AvgIpc) is 0. The maximum absolute atomic E-state index is 0. The second kappa shape index (κ2) is 72.0. The molecule has 1 radical (unpaired) electrons. The summed E-state index contributed by atoms with van der Waals surface area (Å²) in [4.78, 5) is 0. The SMILES string of the molecule is N.[Cl-].[Cl-].[Cl-].[Cl-].[Ir]. The van der Waals surface area contributed by atoms with Crippen LogP contribution in [0.4, 0.5) is 0 Å². The van der Waals surface area contributed by atoms with Gasteiger partial charge < -0.3 is 55.8 Å². The van der Waals surface area contributed by atoms with Crippen LogP contribution in [0.3, 0.4) is 0 Å². The molecule has 0 spiro atoms. The molecule has 0 unspecified atom stereocenters. The quantitative estimate of drug-likeness (QED) is 0.462. The second-order valence-electron chi connectivity index (χ2n) is 0. The molecule has 1 nitrogen and oxygen atoms in total. The van der Waals surface area contributed by atoms with Gasteiger partial charge in [-0.2, -0.15) is 0 Å². The van der Waals surface area contributed by atoms with E-state index in [1.807, 2.05) is 0 Å². The van der Waals surface area contributed by atoms with Gasteiger partial charge in [-0.3, -0.25) is 0 Å². The predicted octanol–water partition coefficient (Wildman–Crippen LogP) is -11.8. The maximum Gasteiger partial charge on any atom is 0 e. The molecule has 0 fully saturated rings. The van der Waals surface area contributed by atoms with Gasteiger partial charge in [-0.25, -0.2) is 0 Å². The Kier molecular flexibility index (Phi) is 1360. The molecular weight excluding hydrogens is 348 g/mol. The van der Waals surface area contributed by atoms with E-state index in [4.69, 9.17) is 0 Å². The first kappa shape index (κ1) is 114. The summed E-state index contributed by atoms with van der Waals surface area (Å²) in [6, 6.07) is 0. The molecule has 0 saturated heterocycles. The zero-order valence-electron chi connectivity index (χ0n) is 2.55. The molecular formula is H3Cl4IrN-4. The predicted molar refractivity (Wildman–Crippen MR) is 5.02 cm³/mol. The minimum Gasteiger partial charge on any atom is -1.00 e. The normalized spacial score (nSPS) is 0. The van der Waals surface area contributed by atoms with Crippen molar-refractivity contribution in [3.8, 4) is 0 Å². The Labute approximate surface area is 75.6 Å². The summed E-state index contributed by atoms with van der Waals surface area (Å²) in [5, 5.41) is 0. The minimum absolute atomic E-state index is 0. The molecule has 0 aliphatic carbocycles. The number of rotatable bonds is 0. The molecule has 0 saturated carbocycles. The summed E-state index contributed by atoms with van der Waals surface area (Å²) in [6.45, 7) is 0. The summed E-state index contributed by atoms with van der Waals surface area (Å²) in [5.41, 5.74) is 0. The van der Waals surface area contributed by atoms with Crippen molar-refractivity contribution in [2.75, 3.05) is 0 Å². The Morgan fingerprint density at radius 1 is 0.500 bits per heavy atom. The molecule has 0 aliphatic heterocycles. The molecule has 3 N–H and O–H groups in total. The van der Waals surface area contributed by atoms with Crippen molar-refractivity contribution in [2.24, 2.45) is 0 Å². The Morgan fingerprint density at radius 2 is 0.500 bits per heavy atom. The van der Waals surface area contributed by atoms with Crippen LogP contribution in [0.1, 0.15) is 0 Å². The van der Waals surface area contributed by atoms with E-state index in [1.54, 1.807) is 0 Å². The molecule has 0 aliphatic rings. The van der Waals surface area contributed by atoms with E-state index in [2.05, 4.69) is 0 Å². The largest absolute Gasteiger partial charge is 1.00 e. The fourth-order valence-electron chi connectivity index (χ4n) is 0. The van der Waals surface area contributed by atoms with Crippen LogP contribution in [0.5, 0.6) is 0 Å². The van der Waals surface area contributed by atoms with Crippen LogP contribution in [0, 0.1) is 0 Å². The molecule has 0 heterocycles. The maximum atomic E-state index is 0. The third-order valence-electron chi connectivity index (χ3n) is 0. The van der Waals surface area contributed by atoms with Crippen LogP contribution < -0.4 is 55.8 Å². The van der Waals surface area contributed by atoms with Crippen LogP contribution in [-0.4, -0.2) is 0 Å². The van der Waals surface area contributed by atoms with Crippen molar-refractivity contribution in [3.05, 3.63) is 0 Å². The third kappa shape index (κ3) is 41.9. The van der Waals surface area contributed by atoms with E-state index in [0.29, 0.717) is 0 Å². The minimum atomic E-state index is 0. The molecule has 0 amide bonds. The van der Waals surface area contributed by atoms with Gasteiger partial charge >= 0.3 is 0 Å². The third-order valence-corrected chi connectivity index (χ3v) is 0. The van der Waals surface area contributed by atoms with E-state index < -0.39 is 0 Å². The van der Waals surface area contributed by atoms with Gasteiger partial charge in [-0.15, -0.1) is 0 Å². The van der Waals surface area contributed by atoms with E-state index in [9.17, 15) is 0 Å². The van der Waals surface area contributed by atoms with Gasteiger partial charge in [0.05, 0.1) is 0 Å². The Morgan fingerprint density at radius 3 is 0.500 bits per heavy atom. The Hall–Kier alpha value is 1.77. The molecule has 0 bridgehead atoms. The van der Waals surface area contributed by atoms with Crippen LogP contribution in [0.25, 0.3) is 0 Å². The number of halogens is 4. The molecule has 0 aromatic carbocycles. The molecule has 0 rings (SSSR count). The van der Waals surface area contributed by atoms with E-state index >= 15 is 0 Å². The van der Waals surface area contributed by atoms with Crippen molar-refractivity contribution in [2.45, 2.75) is 0 Å². The summed E-state index contributed by atoms with van der Waals surface area (Å²) in [7, 11) is 0. The zero-order chi connectivity index (χ0) is 0. The molecule has 49 valence electrons. The van der Waals surface area contributed by atoms with Crippen LogP contribution >= 0.6 is 0 Å². The second-order valence-corrected chi connectivity index (χ2v) is 0. The van der Waals surface area contributed by atoms with Crippen molar-refractivity contribution < 1.29 is 69.7 Å². The molecule has 0 aromatic heterocycles. The summed E-state index contributed by atoms with van der Waals surface area (Å²) < 4.78 is 0. The van der Waals surface area contributed by atoms with E-state index in [0.717, 1.165) is 0 Å². The summed E-state index contributed by atoms with van der Waals surface area (Å²) >= 11 is 0. The van der Waals surface area contributed by atoms with Crippen molar-refractivity contribution in [1.29, 1.82) is 0 Å². The van der Waals surface area contributed by atoms with Crippen LogP contribution in [0.15, 0.2) is 0 Å². The van der Waals surface area contributed by atoms with Crippen molar-refractivity contribution >= 4 is 0 Å². The van der Waals surface area contributed by atoms with Crippen molar-refractivity contribution in [1.82, 2.24) is 6.15 Å². The fraction of sp³-hybridized carbons (Fsp3) is 0. The van der Waals surface area contributed by atoms with E-state index in [1.165, 1.54) is 0 Å². The van der Waals surface area contributed by atoms with Gasteiger partial charge in [0.1, 0.15) is 0 Å². The van der Waals surface area contributed by atoms with Gasteiger partial charge in [-0.1, -0.05) is 0 Å². The van der Waals surface area contributed by atoms with Gasteiger partial charge in [-0.05, 0) is 0 Å². The average molecular weight is 351 g/mol. The number of hydrogen-bond acceptors (Lipinski definition) is 1. The molecule has 6 heavy (non-hydrogen) atoms. The Balaban J connectivity index is 0. The van der Waals surface area contributed by atoms with Gasteiger partial charge in [0, 0.05) is 20.1 Å². The van der Waals surface area contributed by atoms with Crippen LogP contribution in [-0.2, 0) is 20.1 Å². The zero-order valence-corrected chi connectivity index (χ0v) is 7.97.